The molecule has 88 valence electrons. The molecule has 0 bridgehead atoms. The molecule has 1 aromatic carbocycles. The molecule has 0 amide bonds. The Morgan fingerprint density at radius 3 is 2.71 bits per heavy atom. The van der Waals surface area contributed by atoms with Crippen LogP contribution < -0.4 is 4.90 Å². The minimum Gasteiger partial charge on any atom is -0.367 e. The number of hydrogen-bond acceptors (Lipinski definition) is 3. The number of rotatable bonds is 4. The molecule has 3 nitrogen and oxygen atoms in total. The summed E-state index contributed by atoms with van der Waals surface area (Å²) >= 11 is 0. The number of carbonyl (C=O) groups excluding carboxylic acids is 1. The van der Waals surface area contributed by atoms with Crippen LogP contribution in [0, 0.1) is 11.3 Å². The molecule has 1 aliphatic carbocycles. The van der Waals surface area contributed by atoms with Crippen molar-refractivity contribution in [3.05, 3.63) is 30.3 Å². The average molecular weight is 228 g/mol. The van der Waals surface area contributed by atoms with Crippen molar-refractivity contribution in [2.24, 2.45) is 0 Å². The summed E-state index contributed by atoms with van der Waals surface area (Å²) in [6, 6.07) is 12.5. The van der Waals surface area contributed by atoms with E-state index in [2.05, 4.69) is 11.0 Å². The first-order valence-corrected chi connectivity index (χ1v) is 6.01. The third-order valence-corrected chi connectivity index (χ3v) is 3.21. The van der Waals surface area contributed by atoms with Crippen LogP contribution >= 0.6 is 0 Å². The van der Waals surface area contributed by atoms with Crippen LogP contribution in [0.2, 0.25) is 0 Å². The van der Waals surface area contributed by atoms with E-state index < -0.39 is 0 Å². The molecule has 17 heavy (non-hydrogen) atoms. The highest BCUT2D eigenvalue weighted by Crippen LogP contribution is 2.26. The van der Waals surface area contributed by atoms with Gasteiger partial charge >= 0.3 is 0 Å². The molecule has 0 radical (unpaired) electrons. The van der Waals surface area contributed by atoms with Gasteiger partial charge in [-0.15, -0.1) is 0 Å². The lowest BCUT2D eigenvalue weighted by Gasteiger charge is -2.30. The first kappa shape index (κ1) is 11.7. The summed E-state index contributed by atoms with van der Waals surface area (Å²) in [4.78, 5) is 13.6. The zero-order valence-corrected chi connectivity index (χ0v) is 9.80. The van der Waals surface area contributed by atoms with E-state index in [1.807, 2.05) is 30.3 Å². The predicted molar refractivity (Wildman–Crippen MR) is 66.7 cm³/mol. The number of ketones is 1. The Balaban J connectivity index is 2.14. The molecule has 0 aliphatic heterocycles. The Hall–Kier alpha value is -1.82. The quantitative estimate of drug-likeness (QED) is 0.795. The molecular weight excluding hydrogens is 212 g/mol. The summed E-state index contributed by atoms with van der Waals surface area (Å²) in [6.45, 7) is 0.707. The van der Waals surface area contributed by atoms with E-state index in [4.69, 9.17) is 5.26 Å². The second-order valence-corrected chi connectivity index (χ2v) is 4.37. The van der Waals surface area contributed by atoms with Crippen molar-refractivity contribution in [2.45, 2.75) is 31.7 Å². The SMILES string of the molecule is N#CCCN(c1ccccc1)C1CCC(=O)C1. The van der Waals surface area contributed by atoms with Crippen LogP contribution in [0.5, 0.6) is 0 Å². The molecule has 0 heterocycles. The van der Waals surface area contributed by atoms with Crippen LogP contribution in [0.4, 0.5) is 5.69 Å². The molecule has 0 saturated heterocycles. The van der Waals surface area contributed by atoms with Crippen molar-refractivity contribution in [3.8, 4) is 6.07 Å². The molecular formula is C14H16N2O. The van der Waals surface area contributed by atoms with Crippen LogP contribution in [0.15, 0.2) is 30.3 Å². The van der Waals surface area contributed by atoms with Crippen LogP contribution in [0.3, 0.4) is 0 Å². The summed E-state index contributed by atoms with van der Waals surface area (Å²) in [5.74, 6) is 0.341. The van der Waals surface area contributed by atoms with E-state index >= 15 is 0 Å². The zero-order valence-electron chi connectivity index (χ0n) is 9.80. The number of nitriles is 1. The number of anilines is 1. The van der Waals surface area contributed by atoms with Gasteiger partial charge in [0.25, 0.3) is 0 Å². The summed E-state index contributed by atoms with van der Waals surface area (Å²) < 4.78 is 0. The molecule has 0 aromatic heterocycles. The number of benzene rings is 1. The van der Waals surface area contributed by atoms with Gasteiger partial charge in [-0.05, 0) is 18.6 Å². The summed E-state index contributed by atoms with van der Waals surface area (Å²) in [7, 11) is 0. The van der Waals surface area contributed by atoms with Gasteiger partial charge in [-0.3, -0.25) is 4.79 Å². The Morgan fingerprint density at radius 1 is 1.35 bits per heavy atom. The first-order valence-electron chi connectivity index (χ1n) is 6.01. The van der Waals surface area contributed by atoms with Crippen LogP contribution in [0.1, 0.15) is 25.7 Å². The molecule has 1 aliphatic rings. The Labute approximate surface area is 102 Å². The van der Waals surface area contributed by atoms with E-state index in [1.54, 1.807) is 0 Å². The maximum atomic E-state index is 11.4. The standard InChI is InChI=1S/C14H16N2O/c15-9-4-10-16(12-5-2-1-3-6-12)13-7-8-14(17)11-13/h1-3,5-6,13H,4,7-8,10-11H2. The second kappa shape index (κ2) is 5.49. The van der Waals surface area contributed by atoms with Crippen molar-refractivity contribution in [1.82, 2.24) is 0 Å². The van der Waals surface area contributed by atoms with Crippen molar-refractivity contribution >= 4 is 11.5 Å². The van der Waals surface area contributed by atoms with E-state index in [0.29, 0.717) is 31.6 Å². The minimum absolute atomic E-state index is 0.276. The number of nitrogens with zero attached hydrogens (tertiary/aromatic N) is 2. The van der Waals surface area contributed by atoms with Crippen LogP contribution in [0.25, 0.3) is 0 Å². The molecule has 1 aromatic rings. The lowest BCUT2D eigenvalue weighted by molar-refractivity contribution is -0.117. The summed E-state index contributed by atoms with van der Waals surface area (Å²) in [5, 5.41) is 8.71. The maximum Gasteiger partial charge on any atom is 0.135 e. The van der Waals surface area contributed by atoms with E-state index in [0.717, 1.165) is 12.1 Å². The van der Waals surface area contributed by atoms with Crippen LogP contribution in [-0.2, 0) is 4.79 Å². The van der Waals surface area contributed by atoms with E-state index in [9.17, 15) is 4.79 Å². The summed E-state index contributed by atoms with van der Waals surface area (Å²) in [5.41, 5.74) is 1.11. The molecule has 2 rings (SSSR count). The topological polar surface area (TPSA) is 44.1 Å². The second-order valence-electron chi connectivity index (χ2n) is 4.37. The van der Waals surface area contributed by atoms with Crippen molar-refractivity contribution < 1.29 is 4.79 Å². The fraction of sp³-hybridized carbons (Fsp3) is 0.429. The van der Waals surface area contributed by atoms with Gasteiger partial charge in [0.15, 0.2) is 0 Å². The maximum absolute atomic E-state index is 11.4. The van der Waals surface area contributed by atoms with Gasteiger partial charge in [-0.1, -0.05) is 18.2 Å². The zero-order chi connectivity index (χ0) is 12.1. The van der Waals surface area contributed by atoms with Gasteiger partial charge in [0.2, 0.25) is 0 Å². The average Bonchev–Trinajstić information content (AvgIpc) is 2.78. The van der Waals surface area contributed by atoms with Gasteiger partial charge in [0.1, 0.15) is 5.78 Å². The monoisotopic (exact) mass is 228 g/mol. The van der Waals surface area contributed by atoms with Gasteiger partial charge < -0.3 is 4.90 Å². The third kappa shape index (κ3) is 2.85. The largest absolute Gasteiger partial charge is 0.367 e. The lowest BCUT2D eigenvalue weighted by Crippen LogP contribution is -2.34. The molecule has 1 fully saturated rings. The summed E-state index contributed by atoms with van der Waals surface area (Å²) in [6.07, 6.45) is 2.72. The Morgan fingerprint density at radius 2 is 2.12 bits per heavy atom. The van der Waals surface area contributed by atoms with Gasteiger partial charge in [0, 0.05) is 31.1 Å². The van der Waals surface area contributed by atoms with Crippen molar-refractivity contribution in [1.29, 1.82) is 5.26 Å². The lowest BCUT2D eigenvalue weighted by atomic mass is 10.1. The molecule has 3 heteroatoms. The van der Waals surface area contributed by atoms with E-state index in [-0.39, 0.29) is 6.04 Å². The Kier molecular flexibility index (Phi) is 3.77. The highest BCUT2D eigenvalue weighted by atomic mass is 16.1. The fourth-order valence-electron chi connectivity index (χ4n) is 2.37. The fourth-order valence-corrected chi connectivity index (χ4v) is 2.37. The number of Topliss-reactive ketones (excluding diaryl/α,β-unsaturated/α-hetero) is 1. The molecule has 1 unspecified atom stereocenters. The molecule has 1 saturated carbocycles. The normalized spacial score (nSPS) is 19.0. The number of hydrogen-bond donors (Lipinski definition) is 0. The van der Waals surface area contributed by atoms with Crippen LogP contribution in [-0.4, -0.2) is 18.4 Å². The minimum atomic E-state index is 0.276. The highest BCUT2D eigenvalue weighted by molar-refractivity contribution is 5.82. The van der Waals surface area contributed by atoms with Gasteiger partial charge in [-0.25, -0.2) is 0 Å². The number of para-hydroxylation sites is 1. The smallest absolute Gasteiger partial charge is 0.135 e. The highest BCUT2D eigenvalue weighted by Gasteiger charge is 2.27. The van der Waals surface area contributed by atoms with Gasteiger partial charge in [0.05, 0.1) is 12.5 Å². The third-order valence-electron chi connectivity index (χ3n) is 3.21. The molecule has 1 atom stereocenters. The molecule has 0 N–H and O–H groups in total. The van der Waals surface area contributed by atoms with Gasteiger partial charge in [-0.2, -0.15) is 5.26 Å². The van der Waals surface area contributed by atoms with Crippen molar-refractivity contribution in [3.63, 3.8) is 0 Å². The van der Waals surface area contributed by atoms with E-state index in [1.165, 1.54) is 0 Å². The first-order chi connectivity index (χ1) is 8.31. The predicted octanol–water partition coefficient (Wildman–Crippen LogP) is 2.53. The Bertz CT molecular complexity index is 422. The number of carbonyl (C=O) groups is 1. The van der Waals surface area contributed by atoms with Crippen molar-refractivity contribution in [2.75, 3.05) is 11.4 Å². The molecule has 0 spiro atoms.